The van der Waals surface area contributed by atoms with E-state index in [-0.39, 0.29) is 11.4 Å². The lowest BCUT2D eigenvalue weighted by atomic mass is 10.1. The van der Waals surface area contributed by atoms with Crippen LogP contribution >= 0.6 is 0 Å². The zero-order valence-corrected chi connectivity index (χ0v) is 18.1. The van der Waals surface area contributed by atoms with Crippen molar-refractivity contribution < 1.29 is 14.6 Å². The molecule has 4 rings (SSSR count). The number of nitrogens with zero attached hydrogens (tertiary/aromatic N) is 4. The molecule has 0 spiro atoms. The molecule has 0 saturated carbocycles. The summed E-state index contributed by atoms with van der Waals surface area (Å²) in [6.45, 7) is 8.20. The maximum absolute atomic E-state index is 10.9. The highest BCUT2D eigenvalue weighted by molar-refractivity contribution is 5.90. The summed E-state index contributed by atoms with van der Waals surface area (Å²) in [5.41, 5.74) is 3.92. The van der Waals surface area contributed by atoms with E-state index in [1.54, 1.807) is 25.0 Å². The maximum atomic E-state index is 10.9. The summed E-state index contributed by atoms with van der Waals surface area (Å²) in [6.07, 6.45) is 5.50. The van der Waals surface area contributed by atoms with E-state index >= 15 is 0 Å². The fourth-order valence-electron chi connectivity index (χ4n) is 3.49. The minimum atomic E-state index is -0.146. The number of pyridine rings is 1. The smallest absolute Gasteiger partial charge is 0.205 e. The van der Waals surface area contributed by atoms with Crippen LogP contribution in [0.1, 0.15) is 26.3 Å². The number of rotatable bonds is 4. The predicted molar refractivity (Wildman–Crippen MR) is 117 cm³/mol. The van der Waals surface area contributed by atoms with Crippen LogP contribution in [0.5, 0.6) is 17.4 Å². The first-order valence-corrected chi connectivity index (χ1v) is 9.72. The third-order valence-corrected chi connectivity index (χ3v) is 5.13. The molecule has 0 saturated heterocycles. The minimum Gasteiger partial charge on any atom is -0.497 e. The first kappa shape index (κ1) is 19.8. The van der Waals surface area contributed by atoms with Crippen molar-refractivity contribution in [3.63, 3.8) is 0 Å². The highest BCUT2D eigenvalue weighted by Gasteiger charge is 2.19. The van der Waals surface area contributed by atoms with Gasteiger partial charge < -0.3 is 14.6 Å². The van der Waals surface area contributed by atoms with Gasteiger partial charge in [0.2, 0.25) is 5.88 Å². The van der Waals surface area contributed by atoms with Gasteiger partial charge in [-0.15, -0.1) is 0 Å². The summed E-state index contributed by atoms with van der Waals surface area (Å²) in [7, 11) is 3.24. The zero-order valence-electron chi connectivity index (χ0n) is 18.1. The molecule has 0 aliphatic heterocycles. The second-order valence-electron chi connectivity index (χ2n) is 8.32. The van der Waals surface area contributed by atoms with Crippen LogP contribution in [-0.4, -0.2) is 38.7 Å². The van der Waals surface area contributed by atoms with Crippen LogP contribution in [0.2, 0.25) is 0 Å². The van der Waals surface area contributed by atoms with Crippen LogP contribution < -0.4 is 9.47 Å². The molecule has 1 aromatic carbocycles. The molecule has 7 heteroatoms. The molecule has 0 unspecified atom stereocenters. The van der Waals surface area contributed by atoms with Gasteiger partial charge in [0.1, 0.15) is 11.5 Å². The molecule has 1 N–H and O–H groups in total. The van der Waals surface area contributed by atoms with Gasteiger partial charge in [0.05, 0.1) is 48.2 Å². The van der Waals surface area contributed by atoms with Crippen molar-refractivity contribution >= 4 is 10.9 Å². The molecule has 4 aromatic rings. The molecule has 0 bridgehead atoms. The second kappa shape index (κ2) is 7.09. The molecule has 0 atom stereocenters. The van der Waals surface area contributed by atoms with Crippen molar-refractivity contribution in [2.75, 3.05) is 14.2 Å². The van der Waals surface area contributed by atoms with E-state index in [1.807, 2.05) is 48.3 Å². The number of hydrogen-bond donors (Lipinski definition) is 1. The SMILES string of the molecule is COc1cc(OC)cc(-c2cc(C)c3c(O)n(-c4cnn(C(C)(C)C)c4)cc3n2)c1. The monoisotopic (exact) mass is 406 g/mol. The highest BCUT2D eigenvalue weighted by Crippen LogP contribution is 2.36. The lowest BCUT2D eigenvalue weighted by Crippen LogP contribution is -2.21. The molecule has 30 heavy (non-hydrogen) atoms. The second-order valence-corrected chi connectivity index (χ2v) is 8.32. The number of benzene rings is 1. The molecule has 0 amide bonds. The molecular formula is C23H26N4O3. The summed E-state index contributed by atoms with van der Waals surface area (Å²) in [5.74, 6) is 1.54. The Kier molecular flexibility index (Phi) is 4.68. The third-order valence-electron chi connectivity index (χ3n) is 5.13. The lowest BCUT2D eigenvalue weighted by molar-refractivity contribution is 0.355. The average Bonchev–Trinajstić information content (AvgIpc) is 3.32. The van der Waals surface area contributed by atoms with Crippen LogP contribution in [0.3, 0.4) is 0 Å². The Morgan fingerprint density at radius 3 is 2.20 bits per heavy atom. The number of hydrogen-bond acceptors (Lipinski definition) is 5. The van der Waals surface area contributed by atoms with E-state index in [1.165, 1.54) is 0 Å². The largest absolute Gasteiger partial charge is 0.497 e. The number of methoxy groups -OCH3 is 2. The molecular weight excluding hydrogens is 380 g/mol. The van der Waals surface area contributed by atoms with Gasteiger partial charge in [-0.2, -0.15) is 5.10 Å². The average molecular weight is 406 g/mol. The highest BCUT2D eigenvalue weighted by atomic mass is 16.5. The van der Waals surface area contributed by atoms with Gasteiger partial charge in [-0.05, 0) is 51.5 Å². The Hall–Kier alpha value is -3.48. The van der Waals surface area contributed by atoms with E-state index < -0.39 is 0 Å². The minimum absolute atomic E-state index is 0.146. The van der Waals surface area contributed by atoms with Gasteiger partial charge in [-0.1, -0.05) is 0 Å². The molecule has 0 aliphatic carbocycles. The van der Waals surface area contributed by atoms with Crippen molar-refractivity contribution in [1.82, 2.24) is 19.3 Å². The Bertz CT molecular complexity index is 1210. The normalized spacial score (nSPS) is 11.8. The molecule has 0 aliphatic rings. The Morgan fingerprint density at radius 1 is 0.967 bits per heavy atom. The number of aromatic nitrogens is 4. The third kappa shape index (κ3) is 3.36. The molecule has 156 valence electrons. The number of ether oxygens (including phenoxy) is 2. The van der Waals surface area contributed by atoms with Gasteiger partial charge in [-0.25, -0.2) is 4.98 Å². The topological polar surface area (TPSA) is 74.3 Å². The van der Waals surface area contributed by atoms with Crippen molar-refractivity contribution in [2.24, 2.45) is 0 Å². The standard InChI is InChI=1S/C23H26N4O3/c1-14-7-19(15-8-17(29-5)10-18(9-15)30-6)25-20-13-26(22(28)21(14)20)16-11-24-27(12-16)23(2,3)4/h7-13,28H,1-6H3. The quantitative estimate of drug-likeness (QED) is 0.533. The van der Waals surface area contributed by atoms with Gasteiger partial charge >= 0.3 is 0 Å². The summed E-state index contributed by atoms with van der Waals surface area (Å²) in [4.78, 5) is 4.80. The first-order chi connectivity index (χ1) is 14.2. The number of aromatic hydroxyl groups is 1. The number of aryl methyl sites for hydroxylation is 1. The Labute approximate surface area is 175 Å². The zero-order chi connectivity index (χ0) is 21.6. The fourth-order valence-corrected chi connectivity index (χ4v) is 3.49. The van der Waals surface area contributed by atoms with E-state index in [4.69, 9.17) is 14.5 Å². The number of fused-ring (bicyclic) bond motifs is 1. The molecule has 3 heterocycles. The lowest BCUT2D eigenvalue weighted by Gasteiger charge is -2.18. The molecule has 7 nitrogen and oxygen atoms in total. The van der Waals surface area contributed by atoms with Gasteiger partial charge in [0, 0.05) is 24.0 Å². The van der Waals surface area contributed by atoms with E-state index in [2.05, 4.69) is 25.9 Å². The van der Waals surface area contributed by atoms with Crippen LogP contribution in [0.4, 0.5) is 0 Å². The van der Waals surface area contributed by atoms with Crippen LogP contribution in [0.25, 0.3) is 27.8 Å². The van der Waals surface area contributed by atoms with E-state index in [0.717, 1.165) is 27.9 Å². The van der Waals surface area contributed by atoms with Gasteiger partial charge in [0.15, 0.2) is 0 Å². The summed E-state index contributed by atoms with van der Waals surface area (Å²) < 4.78 is 14.4. The fraction of sp³-hybridized carbons (Fsp3) is 0.304. The summed E-state index contributed by atoms with van der Waals surface area (Å²) >= 11 is 0. The molecule has 0 fully saturated rings. The van der Waals surface area contributed by atoms with Gasteiger partial charge in [-0.3, -0.25) is 9.25 Å². The maximum Gasteiger partial charge on any atom is 0.205 e. The van der Waals surface area contributed by atoms with Crippen molar-refractivity contribution in [3.8, 4) is 34.3 Å². The van der Waals surface area contributed by atoms with Crippen LogP contribution in [0, 0.1) is 6.92 Å². The van der Waals surface area contributed by atoms with Gasteiger partial charge in [0.25, 0.3) is 0 Å². The van der Waals surface area contributed by atoms with E-state index in [9.17, 15) is 5.11 Å². The van der Waals surface area contributed by atoms with E-state index in [0.29, 0.717) is 17.0 Å². The predicted octanol–water partition coefficient (Wildman–Crippen LogP) is 4.68. The Balaban J connectivity index is 1.85. The van der Waals surface area contributed by atoms with Crippen molar-refractivity contribution in [3.05, 3.63) is 48.4 Å². The summed E-state index contributed by atoms with van der Waals surface area (Å²) in [5, 5.41) is 16.1. The summed E-state index contributed by atoms with van der Waals surface area (Å²) in [6, 6.07) is 7.62. The van der Waals surface area contributed by atoms with Crippen molar-refractivity contribution in [1.29, 1.82) is 0 Å². The molecule has 0 radical (unpaired) electrons. The van der Waals surface area contributed by atoms with Crippen LogP contribution in [-0.2, 0) is 5.54 Å². The molecule has 3 aromatic heterocycles. The first-order valence-electron chi connectivity index (χ1n) is 9.72. The Morgan fingerprint density at radius 2 is 1.63 bits per heavy atom. The van der Waals surface area contributed by atoms with Crippen LogP contribution in [0.15, 0.2) is 42.9 Å². The van der Waals surface area contributed by atoms with Crippen molar-refractivity contribution in [2.45, 2.75) is 33.2 Å².